The van der Waals surface area contributed by atoms with Gasteiger partial charge in [-0.25, -0.2) is 23.3 Å². The number of anilines is 1. The quantitative estimate of drug-likeness (QED) is 0.465. The molecule has 0 bridgehead atoms. The van der Waals surface area contributed by atoms with Crippen LogP contribution in [0.3, 0.4) is 0 Å². The minimum atomic E-state index is -2.66. The van der Waals surface area contributed by atoms with Crippen molar-refractivity contribution in [2.24, 2.45) is 5.92 Å². The standard InChI is InChI=1S/C21H19ClF2N6/c1-12-5-7-29(20-15-8-14(22)3-2-13(15)4-6-25-20)10-16(12)18-9-17(19(23)24)28-21-26-11-27-30(18)21/h2-4,6,8-9,11-12,16,19H,5,7,10H2,1H3/t12-,16?/m1/s1. The van der Waals surface area contributed by atoms with Crippen LogP contribution in [0, 0.1) is 5.92 Å². The van der Waals surface area contributed by atoms with Crippen molar-refractivity contribution >= 4 is 34.0 Å². The van der Waals surface area contributed by atoms with Crippen molar-refractivity contribution in [3.05, 3.63) is 59.3 Å². The van der Waals surface area contributed by atoms with E-state index in [-0.39, 0.29) is 23.3 Å². The molecule has 1 aliphatic rings. The van der Waals surface area contributed by atoms with E-state index in [9.17, 15) is 8.78 Å². The number of alkyl halides is 2. The first-order valence-corrected chi connectivity index (χ1v) is 10.2. The Morgan fingerprint density at radius 2 is 2.03 bits per heavy atom. The zero-order chi connectivity index (χ0) is 20.8. The maximum Gasteiger partial charge on any atom is 0.280 e. The first-order valence-electron chi connectivity index (χ1n) is 9.79. The molecule has 0 radical (unpaired) electrons. The summed E-state index contributed by atoms with van der Waals surface area (Å²) in [5, 5.41) is 6.92. The second-order valence-electron chi connectivity index (χ2n) is 7.70. The van der Waals surface area contributed by atoms with Crippen LogP contribution in [0.15, 0.2) is 42.9 Å². The van der Waals surface area contributed by atoms with E-state index in [4.69, 9.17) is 11.6 Å². The van der Waals surface area contributed by atoms with E-state index in [1.165, 1.54) is 12.4 Å². The fraction of sp³-hybridized carbons (Fsp3) is 0.333. The summed E-state index contributed by atoms with van der Waals surface area (Å²) in [7, 11) is 0. The maximum atomic E-state index is 13.4. The van der Waals surface area contributed by atoms with Crippen molar-refractivity contribution < 1.29 is 8.78 Å². The molecule has 154 valence electrons. The van der Waals surface area contributed by atoms with Gasteiger partial charge in [-0.15, -0.1) is 0 Å². The molecular formula is C21H19ClF2N6. The molecule has 1 aliphatic heterocycles. The summed E-state index contributed by atoms with van der Waals surface area (Å²) in [6.07, 6.45) is 1.37. The van der Waals surface area contributed by atoms with Crippen molar-refractivity contribution in [1.29, 1.82) is 0 Å². The van der Waals surface area contributed by atoms with Crippen LogP contribution in [-0.2, 0) is 0 Å². The molecule has 0 aliphatic carbocycles. The lowest BCUT2D eigenvalue weighted by Crippen LogP contribution is -2.39. The molecule has 1 aromatic carbocycles. The number of halogens is 3. The second-order valence-corrected chi connectivity index (χ2v) is 8.13. The van der Waals surface area contributed by atoms with E-state index >= 15 is 0 Å². The molecule has 5 rings (SSSR count). The molecule has 3 aromatic heterocycles. The van der Waals surface area contributed by atoms with Gasteiger partial charge in [0.25, 0.3) is 12.2 Å². The van der Waals surface area contributed by atoms with Crippen LogP contribution in [0.1, 0.15) is 37.1 Å². The zero-order valence-electron chi connectivity index (χ0n) is 16.2. The molecule has 6 nitrogen and oxygen atoms in total. The predicted octanol–water partition coefficient (Wildman–Crippen LogP) is 4.89. The van der Waals surface area contributed by atoms with E-state index in [0.29, 0.717) is 17.3 Å². The first kappa shape index (κ1) is 19.1. The van der Waals surface area contributed by atoms with E-state index in [0.717, 1.165) is 29.6 Å². The molecule has 4 heterocycles. The fourth-order valence-electron chi connectivity index (χ4n) is 4.25. The van der Waals surface area contributed by atoms with Gasteiger partial charge in [0.05, 0.1) is 5.69 Å². The zero-order valence-corrected chi connectivity index (χ0v) is 17.0. The van der Waals surface area contributed by atoms with Crippen LogP contribution >= 0.6 is 11.6 Å². The third kappa shape index (κ3) is 3.25. The summed E-state index contributed by atoms with van der Waals surface area (Å²) >= 11 is 6.23. The van der Waals surface area contributed by atoms with Gasteiger partial charge >= 0.3 is 0 Å². The molecule has 0 amide bonds. The van der Waals surface area contributed by atoms with E-state index < -0.39 is 6.43 Å². The van der Waals surface area contributed by atoms with Crippen molar-refractivity contribution in [2.75, 3.05) is 18.0 Å². The summed E-state index contributed by atoms with van der Waals surface area (Å²) in [5.74, 6) is 1.30. The smallest absolute Gasteiger partial charge is 0.280 e. The van der Waals surface area contributed by atoms with Gasteiger partial charge < -0.3 is 4.90 Å². The van der Waals surface area contributed by atoms with Gasteiger partial charge in [-0.05, 0) is 42.0 Å². The van der Waals surface area contributed by atoms with Gasteiger partial charge in [0.2, 0.25) is 0 Å². The highest BCUT2D eigenvalue weighted by atomic mass is 35.5. The highest BCUT2D eigenvalue weighted by Crippen LogP contribution is 2.37. The van der Waals surface area contributed by atoms with E-state index in [1.807, 2.05) is 24.3 Å². The first-order chi connectivity index (χ1) is 14.5. The third-order valence-electron chi connectivity index (χ3n) is 5.87. The van der Waals surface area contributed by atoms with Gasteiger partial charge in [-0.2, -0.15) is 10.1 Å². The minimum absolute atomic E-state index is 0.0281. The normalized spacial score (nSPS) is 19.8. The average Bonchev–Trinajstić information content (AvgIpc) is 3.22. The van der Waals surface area contributed by atoms with Crippen molar-refractivity contribution in [3.63, 3.8) is 0 Å². The molecule has 30 heavy (non-hydrogen) atoms. The van der Waals surface area contributed by atoms with Crippen molar-refractivity contribution in [3.8, 4) is 0 Å². The summed E-state index contributed by atoms with van der Waals surface area (Å²) < 4.78 is 28.5. The van der Waals surface area contributed by atoms with Crippen molar-refractivity contribution in [1.82, 2.24) is 24.6 Å². The number of piperidine rings is 1. The van der Waals surface area contributed by atoms with Crippen LogP contribution < -0.4 is 4.90 Å². The average molecular weight is 429 g/mol. The highest BCUT2D eigenvalue weighted by Gasteiger charge is 2.32. The van der Waals surface area contributed by atoms with E-state index in [2.05, 4.69) is 31.9 Å². The minimum Gasteiger partial charge on any atom is -0.355 e. The van der Waals surface area contributed by atoms with Gasteiger partial charge in [0, 0.05) is 35.6 Å². The second kappa shape index (κ2) is 7.43. The molecule has 0 saturated carbocycles. The predicted molar refractivity (Wildman–Crippen MR) is 111 cm³/mol. The number of pyridine rings is 1. The summed E-state index contributed by atoms with van der Waals surface area (Å²) in [5.41, 5.74) is 0.424. The monoisotopic (exact) mass is 428 g/mol. The fourth-order valence-corrected chi connectivity index (χ4v) is 4.43. The largest absolute Gasteiger partial charge is 0.355 e. The number of rotatable bonds is 3. The Morgan fingerprint density at radius 3 is 2.87 bits per heavy atom. The summed E-state index contributed by atoms with van der Waals surface area (Å²) in [6.45, 7) is 3.59. The Labute approximate surface area is 176 Å². The maximum absolute atomic E-state index is 13.4. The molecule has 0 spiro atoms. The van der Waals surface area contributed by atoms with E-state index in [1.54, 1.807) is 10.7 Å². The SMILES string of the molecule is C[C@@H]1CCN(c2nccc3ccc(Cl)cc23)CC1c1cc(C(F)F)nc2ncnn12. The molecule has 1 unspecified atom stereocenters. The Balaban J connectivity index is 1.58. The van der Waals surface area contributed by atoms with Crippen LogP contribution in [-0.4, -0.2) is 37.7 Å². The van der Waals surface area contributed by atoms with Crippen molar-refractivity contribution in [2.45, 2.75) is 25.7 Å². The highest BCUT2D eigenvalue weighted by molar-refractivity contribution is 6.31. The number of hydrogen-bond acceptors (Lipinski definition) is 5. The topological polar surface area (TPSA) is 59.2 Å². The molecule has 9 heteroatoms. The number of benzene rings is 1. The van der Waals surface area contributed by atoms with Gasteiger partial charge in [0.15, 0.2) is 0 Å². The van der Waals surface area contributed by atoms with Gasteiger partial charge in [-0.3, -0.25) is 0 Å². The van der Waals surface area contributed by atoms with Crippen LogP contribution in [0.25, 0.3) is 16.6 Å². The molecule has 1 fully saturated rings. The summed E-state index contributed by atoms with van der Waals surface area (Å²) in [4.78, 5) is 14.8. The third-order valence-corrected chi connectivity index (χ3v) is 6.10. The lowest BCUT2D eigenvalue weighted by molar-refractivity contribution is 0.146. The van der Waals surface area contributed by atoms with Gasteiger partial charge in [0.1, 0.15) is 17.8 Å². The number of nitrogens with zero attached hydrogens (tertiary/aromatic N) is 6. The molecule has 2 atom stereocenters. The Hall–Kier alpha value is -2.87. The Bertz CT molecular complexity index is 1230. The molecular weight excluding hydrogens is 410 g/mol. The summed E-state index contributed by atoms with van der Waals surface area (Å²) in [6, 6.07) is 9.17. The lowest BCUT2D eigenvalue weighted by atomic mass is 9.84. The number of fused-ring (bicyclic) bond motifs is 2. The number of aromatic nitrogens is 5. The van der Waals surface area contributed by atoms with Crippen LogP contribution in [0.2, 0.25) is 5.02 Å². The Morgan fingerprint density at radius 1 is 1.17 bits per heavy atom. The lowest BCUT2D eigenvalue weighted by Gasteiger charge is -2.38. The molecule has 0 N–H and O–H groups in total. The number of hydrogen-bond donors (Lipinski definition) is 0. The molecule has 4 aromatic rings. The molecule has 1 saturated heterocycles. The van der Waals surface area contributed by atoms with Crippen LogP contribution in [0.5, 0.6) is 0 Å². The Kier molecular flexibility index (Phi) is 4.73. The van der Waals surface area contributed by atoms with Gasteiger partial charge in [-0.1, -0.05) is 24.6 Å². The van der Waals surface area contributed by atoms with Crippen LogP contribution in [0.4, 0.5) is 14.6 Å².